The summed E-state index contributed by atoms with van der Waals surface area (Å²) in [6, 6.07) is 18.1. The summed E-state index contributed by atoms with van der Waals surface area (Å²) in [7, 11) is 2.96. The fraction of sp³-hybridized carbons (Fsp3) is 0.115. The van der Waals surface area contributed by atoms with Crippen LogP contribution in [0.25, 0.3) is 0 Å². The molecule has 0 bridgehead atoms. The van der Waals surface area contributed by atoms with Gasteiger partial charge in [-0.05, 0) is 60.7 Å². The average molecular weight is 410 g/mol. The van der Waals surface area contributed by atoms with E-state index in [0.29, 0.717) is 17.1 Å². The molecule has 0 N–H and O–H groups in total. The summed E-state index contributed by atoms with van der Waals surface area (Å²) in [6.07, 6.45) is 0. The summed E-state index contributed by atoms with van der Waals surface area (Å²) in [5.41, 5.74) is 3.64. The Hall–Kier alpha value is -4.35. The molecule has 0 unspecified atom stereocenters. The van der Waals surface area contributed by atoms with Gasteiger partial charge in [-0.1, -0.05) is 23.7 Å². The van der Waals surface area contributed by atoms with Crippen molar-refractivity contribution in [3.63, 3.8) is 0 Å². The van der Waals surface area contributed by atoms with Crippen molar-refractivity contribution in [3.05, 3.63) is 88.5 Å². The molecule has 5 nitrogen and oxygen atoms in total. The number of fused-ring (bicyclic) bond motifs is 1. The van der Waals surface area contributed by atoms with Crippen molar-refractivity contribution in [2.45, 2.75) is 0 Å². The number of esters is 1. The van der Waals surface area contributed by atoms with Crippen LogP contribution in [0.2, 0.25) is 0 Å². The number of hydrogen-bond donors (Lipinski definition) is 0. The molecule has 0 saturated heterocycles. The molecule has 3 aromatic rings. The molecular weight excluding hydrogens is 392 g/mol. The predicted molar refractivity (Wildman–Crippen MR) is 115 cm³/mol. The van der Waals surface area contributed by atoms with Crippen LogP contribution < -0.4 is 14.2 Å². The lowest BCUT2D eigenvalue weighted by Gasteiger charge is -2.02. The van der Waals surface area contributed by atoms with Gasteiger partial charge in [0.2, 0.25) is 6.79 Å². The summed E-state index contributed by atoms with van der Waals surface area (Å²) in [5.74, 6) is 14.2. The van der Waals surface area contributed by atoms with Crippen molar-refractivity contribution < 1.29 is 23.7 Å². The molecule has 0 saturated carbocycles. The van der Waals surface area contributed by atoms with Crippen molar-refractivity contribution in [1.82, 2.24) is 0 Å². The number of ether oxygens (including phenoxy) is 4. The van der Waals surface area contributed by atoms with E-state index in [-0.39, 0.29) is 12.8 Å². The molecule has 0 aliphatic carbocycles. The fourth-order valence-corrected chi connectivity index (χ4v) is 2.93. The van der Waals surface area contributed by atoms with Gasteiger partial charge in [-0.3, -0.25) is 0 Å². The van der Waals surface area contributed by atoms with E-state index in [4.69, 9.17) is 18.9 Å². The van der Waals surface area contributed by atoms with Gasteiger partial charge in [0.25, 0.3) is 0 Å². The molecule has 0 spiro atoms. The first-order chi connectivity index (χ1) is 15.1. The van der Waals surface area contributed by atoms with Crippen molar-refractivity contribution in [1.29, 1.82) is 0 Å². The van der Waals surface area contributed by atoms with Gasteiger partial charge in [-0.25, -0.2) is 4.79 Å². The van der Waals surface area contributed by atoms with Crippen LogP contribution in [0.3, 0.4) is 0 Å². The van der Waals surface area contributed by atoms with Gasteiger partial charge in [0.15, 0.2) is 11.5 Å². The van der Waals surface area contributed by atoms with E-state index in [1.807, 2.05) is 36.4 Å². The first-order valence-corrected chi connectivity index (χ1v) is 9.46. The standard InChI is InChI=1S/C26H18O5/c1-28-23-14-20(5-3-18-7-10-22(11-8-18)26(27)29-2)13-21(15-23)6-4-19-9-12-24-25(16-19)31-17-30-24/h7-16H,17H2,1-2H3. The Bertz CT molecular complexity index is 1250. The first kappa shape index (κ1) is 19.9. The molecule has 31 heavy (non-hydrogen) atoms. The Balaban J connectivity index is 1.58. The smallest absolute Gasteiger partial charge is 0.337 e. The van der Waals surface area contributed by atoms with Crippen molar-refractivity contribution in [3.8, 4) is 40.9 Å². The molecule has 5 heteroatoms. The third-order valence-corrected chi connectivity index (χ3v) is 4.52. The van der Waals surface area contributed by atoms with Crippen molar-refractivity contribution in [2.24, 2.45) is 0 Å². The number of hydrogen-bond acceptors (Lipinski definition) is 5. The normalized spacial score (nSPS) is 10.9. The van der Waals surface area contributed by atoms with E-state index >= 15 is 0 Å². The van der Waals surface area contributed by atoms with E-state index in [1.54, 1.807) is 31.4 Å². The third kappa shape index (κ3) is 4.80. The lowest BCUT2D eigenvalue weighted by Crippen LogP contribution is -2.00. The number of carbonyl (C=O) groups is 1. The lowest BCUT2D eigenvalue weighted by atomic mass is 10.1. The number of benzene rings is 3. The second-order valence-electron chi connectivity index (χ2n) is 6.59. The van der Waals surface area contributed by atoms with Gasteiger partial charge in [0.1, 0.15) is 5.75 Å². The van der Waals surface area contributed by atoms with E-state index in [9.17, 15) is 4.79 Å². The Morgan fingerprint density at radius 3 is 2.03 bits per heavy atom. The SMILES string of the molecule is COC(=O)c1ccc(C#Cc2cc(C#Cc3ccc4c(c3)OCO4)cc(OC)c2)cc1. The summed E-state index contributed by atoms with van der Waals surface area (Å²) >= 11 is 0. The molecule has 0 fully saturated rings. The average Bonchev–Trinajstić information content (AvgIpc) is 3.29. The second-order valence-corrected chi connectivity index (χ2v) is 6.59. The Morgan fingerprint density at radius 2 is 1.35 bits per heavy atom. The largest absolute Gasteiger partial charge is 0.497 e. The monoisotopic (exact) mass is 410 g/mol. The van der Waals surface area contributed by atoms with Crippen LogP contribution >= 0.6 is 0 Å². The Kier molecular flexibility index (Phi) is 5.78. The van der Waals surface area contributed by atoms with Crippen LogP contribution in [0.15, 0.2) is 60.7 Å². The number of carbonyl (C=O) groups excluding carboxylic acids is 1. The molecule has 0 aromatic heterocycles. The van der Waals surface area contributed by atoms with E-state index in [2.05, 4.69) is 23.7 Å². The highest BCUT2D eigenvalue weighted by molar-refractivity contribution is 5.89. The van der Waals surface area contributed by atoms with Gasteiger partial charge in [0.05, 0.1) is 19.8 Å². The van der Waals surface area contributed by atoms with Crippen LogP contribution in [0, 0.1) is 23.7 Å². The highest BCUT2D eigenvalue weighted by Crippen LogP contribution is 2.32. The van der Waals surface area contributed by atoms with Gasteiger partial charge in [-0.15, -0.1) is 0 Å². The molecule has 1 aliphatic heterocycles. The minimum Gasteiger partial charge on any atom is -0.497 e. The zero-order valence-electron chi connectivity index (χ0n) is 17.0. The molecular formula is C26H18O5. The van der Waals surface area contributed by atoms with Crippen LogP contribution in [-0.2, 0) is 4.74 Å². The highest BCUT2D eigenvalue weighted by Gasteiger charge is 2.12. The summed E-state index contributed by atoms with van der Waals surface area (Å²) in [6.45, 7) is 0.232. The second kappa shape index (κ2) is 8.98. The molecule has 1 heterocycles. The first-order valence-electron chi connectivity index (χ1n) is 9.46. The van der Waals surface area contributed by atoms with Crippen molar-refractivity contribution in [2.75, 3.05) is 21.0 Å². The van der Waals surface area contributed by atoms with Gasteiger partial charge in [0, 0.05) is 22.3 Å². The zero-order chi connectivity index (χ0) is 21.6. The topological polar surface area (TPSA) is 54.0 Å². The maximum atomic E-state index is 11.5. The molecule has 4 rings (SSSR count). The number of rotatable bonds is 2. The number of methoxy groups -OCH3 is 2. The van der Waals surface area contributed by atoms with E-state index in [1.165, 1.54) is 7.11 Å². The Morgan fingerprint density at radius 1 is 0.742 bits per heavy atom. The van der Waals surface area contributed by atoms with Crippen molar-refractivity contribution >= 4 is 5.97 Å². The lowest BCUT2D eigenvalue weighted by molar-refractivity contribution is 0.0600. The summed E-state index contributed by atoms with van der Waals surface area (Å²) in [5, 5.41) is 0. The minimum atomic E-state index is -0.377. The highest BCUT2D eigenvalue weighted by atomic mass is 16.7. The fourth-order valence-electron chi connectivity index (χ4n) is 2.93. The third-order valence-electron chi connectivity index (χ3n) is 4.52. The molecule has 152 valence electrons. The van der Waals surface area contributed by atoms with E-state index < -0.39 is 0 Å². The summed E-state index contributed by atoms with van der Waals surface area (Å²) < 4.78 is 20.8. The molecule has 0 atom stereocenters. The minimum absolute atomic E-state index is 0.232. The quantitative estimate of drug-likeness (QED) is 0.472. The predicted octanol–water partition coefficient (Wildman–Crippen LogP) is 4.01. The van der Waals surface area contributed by atoms with Crippen LogP contribution in [0.4, 0.5) is 0 Å². The van der Waals surface area contributed by atoms with Gasteiger partial charge < -0.3 is 18.9 Å². The van der Waals surface area contributed by atoms with Gasteiger partial charge >= 0.3 is 5.97 Å². The molecule has 1 aliphatic rings. The molecule has 0 amide bonds. The maximum absolute atomic E-state index is 11.5. The van der Waals surface area contributed by atoms with Crippen LogP contribution in [0.5, 0.6) is 17.2 Å². The van der Waals surface area contributed by atoms with Crippen LogP contribution in [-0.4, -0.2) is 27.0 Å². The summed E-state index contributed by atoms with van der Waals surface area (Å²) in [4.78, 5) is 11.5. The van der Waals surface area contributed by atoms with E-state index in [0.717, 1.165) is 28.0 Å². The zero-order valence-corrected chi connectivity index (χ0v) is 17.0. The Labute approximate surface area is 180 Å². The molecule has 0 radical (unpaired) electrons. The van der Waals surface area contributed by atoms with Crippen LogP contribution in [0.1, 0.15) is 32.6 Å². The van der Waals surface area contributed by atoms with Gasteiger partial charge in [-0.2, -0.15) is 0 Å². The maximum Gasteiger partial charge on any atom is 0.337 e. The molecule has 3 aromatic carbocycles.